The molecule has 1 unspecified atom stereocenters. The summed E-state index contributed by atoms with van der Waals surface area (Å²) in [7, 11) is 0. The maximum Gasteiger partial charge on any atom is 0.0972 e. The second kappa shape index (κ2) is 5.51. The standard InChI is InChI=1S/C9H21NO2/c1-4-8(5-2)10-6-9(3,12)7-11/h8,10-12H,4-7H2,1-3H3. The van der Waals surface area contributed by atoms with Crippen molar-refractivity contribution in [3.63, 3.8) is 0 Å². The predicted molar refractivity (Wildman–Crippen MR) is 50.1 cm³/mol. The van der Waals surface area contributed by atoms with Crippen LogP contribution >= 0.6 is 0 Å². The fraction of sp³-hybridized carbons (Fsp3) is 1.00. The average molecular weight is 175 g/mol. The smallest absolute Gasteiger partial charge is 0.0972 e. The number of aliphatic hydroxyl groups excluding tert-OH is 1. The van der Waals surface area contributed by atoms with Gasteiger partial charge in [0, 0.05) is 12.6 Å². The van der Waals surface area contributed by atoms with Crippen molar-refractivity contribution >= 4 is 0 Å². The minimum atomic E-state index is -0.984. The Labute approximate surface area is 74.8 Å². The zero-order valence-electron chi connectivity index (χ0n) is 8.30. The summed E-state index contributed by atoms with van der Waals surface area (Å²) in [5, 5.41) is 21.4. The van der Waals surface area contributed by atoms with Crippen LogP contribution in [0.15, 0.2) is 0 Å². The van der Waals surface area contributed by atoms with Gasteiger partial charge in [0.15, 0.2) is 0 Å². The van der Waals surface area contributed by atoms with Crippen LogP contribution in [0.5, 0.6) is 0 Å². The average Bonchev–Trinajstić information content (AvgIpc) is 2.06. The van der Waals surface area contributed by atoms with Gasteiger partial charge in [0.25, 0.3) is 0 Å². The Kier molecular flexibility index (Phi) is 5.46. The van der Waals surface area contributed by atoms with E-state index in [1.807, 2.05) is 0 Å². The van der Waals surface area contributed by atoms with Gasteiger partial charge in [-0.05, 0) is 19.8 Å². The Morgan fingerprint density at radius 2 is 1.83 bits per heavy atom. The van der Waals surface area contributed by atoms with Gasteiger partial charge >= 0.3 is 0 Å². The lowest BCUT2D eigenvalue weighted by atomic mass is 10.1. The first-order chi connectivity index (χ1) is 5.55. The second-order valence-corrected chi connectivity index (χ2v) is 3.55. The molecule has 0 fully saturated rings. The van der Waals surface area contributed by atoms with E-state index in [2.05, 4.69) is 19.2 Å². The minimum Gasteiger partial charge on any atom is -0.393 e. The molecule has 74 valence electrons. The summed E-state index contributed by atoms with van der Waals surface area (Å²) >= 11 is 0. The minimum absolute atomic E-state index is 0.194. The lowest BCUT2D eigenvalue weighted by molar-refractivity contribution is 0.000576. The molecule has 0 aliphatic carbocycles. The molecular formula is C9H21NO2. The van der Waals surface area contributed by atoms with Crippen molar-refractivity contribution in [3.05, 3.63) is 0 Å². The molecule has 0 aromatic carbocycles. The second-order valence-electron chi connectivity index (χ2n) is 3.55. The normalized spacial score (nSPS) is 16.5. The first-order valence-electron chi connectivity index (χ1n) is 4.62. The highest BCUT2D eigenvalue weighted by Crippen LogP contribution is 2.02. The Hall–Kier alpha value is -0.120. The van der Waals surface area contributed by atoms with E-state index in [4.69, 9.17) is 5.11 Å². The topological polar surface area (TPSA) is 52.5 Å². The van der Waals surface area contributed by atoms with Gasteiger partial charge in [-0.2, -0.15) is 0 Å². The largest absolute Gasteiger partial charge is 0.393 e. The number of hydrogen-bond donors (Lipinski definition) is 3. The Morgan fingerprint density at radius 3 is 2.17 bits per heavy atom. The third-order valence-electron chi connectivity index (χ3n) is 2.10. The van der Waals surface area contributed by atoms with Gasteiger partial charge in [-0.15, -0.1) is 0 Å². The van der Waals surface area contributed by atoms with Gasteiger partial charge in [-0.1, -0.05) is 13.8 Å². The quantitative estimate of drug-likeness (QED) is 0.551. The summed E-state index contributed by atoms with van der Waals surface area (Å²) < 4.78 is 0. The predicted octanol–water partition coefficient (Wildman–Crippen LogP) is 0.508. The lowest BCUT2D eigenvalue weighted by Crippen LogP contribution is -2.44. The van der Waals surface area contributed by atoms with Gasteiger partial charge in [0.1, 0.15) is 0 Å². The Balaban J connectivity index is 3.65. The van der Waals surface area contributed by atoms with E-state index >= 15 is 0 Å². The lowest BCUT2D eigenvalue weighted by Gasteiger charge is -2.24. The maximum absolute atomic E-state index is 9.45. The zero-order valence-corrected chi connectivity index (χ0v) is 8.30. The summed E-state index contributed by atoms with van der Waals surface area (Å²) in [5.74, 6) is 0. The fourth-order valence-electron chi connectivity index (χ4n) is 0.997. The van der Waals surface area contributed by atoms with Crippen LogP contribution in [0, 0.1) is 0 Å². The van der Waals surface area contributed by atoms with Crippen molar-refractivity contribution in [1.29, 1.82) is 0 Å². The fourth-order valence-corrected chi connectivity index (χ4v) is 0.997. The molecule has 0 saturated heterocycles. The van der Waals surface area contributed by atoms with Crippen LogP contribution in [-0.4, -0.2) is 35.0 Å². The molecule has 0 heterocycles. The Bertz CT molecular complexity index is 111. The molecule has 0 aliphatic heterocycles. The molecule has 12 heavy (non-hydrogen) atoms. The molecule has 0 aromatic rings. The van der Waals surface area contributed by atoms with E-state index in [9.17, 15) is 5.11 Å². The maximum atomic E-state index is 9.45. The highest BCUT2D eigenvalue weighted by molar-refractivity contribution is 4.76. The third kappa shape index (κ3) is 4.70. The van der Waals surface area contributed by atoms with E-state index in [0.29, 0.717) is 12.6 Å². The van der Waals surface area contributed by atoms with Crippen LogP contribution in [0.4, 0.5) is 0 Å². The van der Waals surface area contributed by atoms with Crippen molar-refractivity contribution in [2.45, 2.75) is 45.3 Å². The van der Waals surface area contributed by atoms with Crippen molar-refractivity contribution < 1.29 is 10.2 Å². The van der Waals surface area contributed by atoms with E-state index in [1.54, 1.807) is 6.92 Å². The zero-order chi connectivity index (χ0) is 9.61. The summed E-state index contributed by atoms with van der Waals surface area (Å²) in [6, 6.07) is 0.447. The van der Waals surface area contributed by atoms with Crippen molar-refractivity contribution in [2.75, 3.05) is 13.2 Å². The molecule has 0 spiro atoms. The molecule has 0 aliphatic rings. The number of aliphatic hydroxyl groups is 2. The number of hydrogen-bond acceptors (Lipinski definition) is 3. The highest BCUT2D eigenvalue weighted by Gasteiger charge is 2.19. The van der Waals surface area contributed by atoms with Crippen LogP contribution in [0.25, 0.3) is 0 Å². The summed E-state index contributed by atoms with van der Waals surface area (Å²) in [5.41, 5.74) is -0.984. The SMILES string of the molecule is CCC(CC)NCC(C)(O)CO. The van der Waals surface area contributed by atoms with E-state index in [1.165, 1.54) is 0 Å². The first-order valence-corrected chi connectivity index (χ1v) is 4.62. The summed E-state index contributed by atoms with van der Waals surface area (Å²) in [6.45, 7) is 6.10. The van der Waals surface area contributed by atoms with Gasteiger partial charge < -0.3 is 15.5 Å². The number of nitrogens with one attached hydrogen (secondary N) is 1. The van der Waals surface area contributed by atoms with Crippen LogP contribution in [0.2, 0.25) is 0 Å². The molecule has 3 N–H and O–H groups in total. The van der Waals surface area contributed by atoms with Crippen LogP contribution < -0.4 is 5.32 Å². The van der Waals surface area contributed by atoms with Gasteiger partial charge in [0.05, 0.1) is 12.2 Å². The Morgan fingerprint density at radius 1 is 1.33 bits per heavy atom. The molecular weight excluding hydrogens is 154 g/mol. The molecule has 0 rings (SSSR count). The van der Waals surface area contributed by atoms with Gasteiger partial charge in [-0.25, -0.2) is 0 Å². The molecule has 3 nitrogen and oxygen atoms in total. The molecule has 1 atom stereocenters. The molecule has 0 amide bonds. The van der Waals surface area contributed by atoms with Crippen LogP contribution in [-0.2, 0) is 0 Å². The monoisotopic (exact) mass is 175 g/mol. The highest BCUT2D eigenvalue weighted by atomic mass is 16.3. The summed E-state index contributed by atoms with van der Waals surface area (Å²) in [6.07, 6.45) is 2.11. The van der Waals surface area contributed by atoms with E-state index in [0.717, 1.165) is 12.8 Å². The first kappa shape index (κ1) is 11.9. The van der Waals surface area contributed by atoms with Crippen LogP contribution in [0.3, 0.4) is 0 Å². The summed E-state index contributed by atoms with van der Waals surface area (Å²) in [4.78, 5) is 0. The molecule has 0 aromatic heterocycles. The van der Waals surface area contributed by atoms with Crippen molar-refractivity contribution in [1.82, 2.24) is 5.32 Å². The molecule has 0 bridgehead atoms. The molecule has 0 radical (unpaired) electrons. The van der Waals surface area contributed by atoms with Gasteiger partial charge in [-0.3, -0.25) is 0 Å². The van der Waals surface area contributed by atoms with Crippen molar-refractivity contribution in [3.8, 4) is 0 Å². The number of rotatable bonds is 6. The molecule has 0 saturated carbocycles. The van der Waals surface area contributed by atoms with Crippen LogP contribution in [0.1, 0.15) is 33.6 Å². The van der Waals surface area contributed by atoms with Crippen molar-refractivity contribution in [2.24, 2.45) is 0 Å². The molecule has 3 heteroatoms. The van der Waals surface area contributed by atoms with E-state index < -0.39 is 5.60 Å². The van der Waals surface area contributed by atoms with Gasteiger partial charge in [0.2, 0.25) is 0 Å². The van der Waals surface area contributed by atoms with E-state index in [-0.39, 0.29) is 6.61 Å². The third-order valence-corrected chi connectivity index (χ3v) is 2.10.